The third kappa shape index (κ3) is 4.25. The van der Waals surface area contributed by atoms with Gasteiger partial charge in [-0.1, -0.05) is 58.5 Å². The lowest BCUT2D eigenvalue weighted by atomic mass is 9.63. The Hall–Kier alpha value is -1.78. The fourth-order valence-corrected chi connectivity index (χ4v) is 6.48. The Kier molecular flexibility index (Phi) is 6.35. The minimum absolute atomic E-state index is 0.0206. The Morgan fingerprint density at radius 1 is 0.879 bits per heavy atom. The quantitative estimate of drug-likeness (QED) is 0.326. The summed E-state index contributed by atoms with van der Waals surface area (Å²) in [6, 6.07) is 15.0. The summed E-state index contributed by atoms with van der Waals surface area (Å²) in [7, 11) is 0. The summed E-state index contributed by atoms with van der Waals surface area (Å²) < 4.78 is 5.66. The highest BCUT2D eigenvalue weighted by atomic mass is 35.5. The molecule has 3 aromatic rings. The molecule has 1 saturated carbocycles. The zero-order valence-corrected chi connectivity index (χ0v) is 20.8. The molecule has 1 aromatic heterocycles. The number of carbonyl (C=O) groups is 1. The average molecular weight is 521 g/mol. The van der Waals surface area contributed by atoms with Gasteiger partial charge in [0.05, 0.1) is 5.92 Å². The Balaban J connectivity index is 1.58. The van der Waals surface area contributed by atoms with Gasteiger partial charge in [-0.2, -0.15) is 0 Å². The van der Waals surface area contributed by atoms with Crippen molar-refractivity contribution in [3.63, 3.8) is 0 Å². The SMILES string of the molecule is CC1OC(=O)C2CCC(c3ccc(Cl)cc3Cl)C(c3ccc(-c4cc(Cl)ccc4Cl)cn3)C12. The molecule has 2 aromatic carbocycles. The van der Waals surface area contributed by atoms with Gasteiger partial charge in [0.15, 0.2) is 0 Å². The normalized spacial score (nSPS) is 26.7. The molecule has 0 amide bonds. The van der Waals surface area contributed by atoms with Gasteiger partial charge in [0.2, 0.25) is 0 Å². The molecule has 3 nitrogen and oxygen atoms in total. The molecule has 1 aliphatic heterocycles. The average Bonchev–Trinajstić information content (AvgIpc) is 3.09. The maximum absolute atomic E-state index is 12.5. The van der Waals surface area contributed by atoms with Gasteiger partial charge >= 0.3 is 5.97 Å². The van der Waals surface area contributed by atoms with Crippen molar-refractivity contribution >= 4 is 52.4 Å². The molecule has 5 unspecified atom stereocenters. The predicted octanol–water partition coefficient (Wildman–Crippen LogP) is 8.20. The first-order chi connectivity index (χ1) is 15.8. The van der Waals surface area contributed by atoms with Crippen LogP contribution in [0.25, 0.3) is 11.1 Å². The van der Waals surface area contributed by atoms with Crippen molar-refractivity contribution in [1.29, 1.82) is 0 Å². The lowest BCUT2D eigenvalue weighted by Crippen LogP contribution is -2.35. The maximum Gasteiger partial charge on any atom is 0.309 e. The summed E-state index contributed by atoms with van der Waals surface area (Å²) in [5, 5.41) is 2.46. The molecule has 33 heavy (non-hydrogen) atoms. The maximum atomic E-state index is 12.5. The fraction of sp³-hybridized carbons (Fsp3) is 0.308. The number of hydrogen-bond acceptors (Lipinski definition) is 3. The van der Waals surface area contributed by atoms with E-state index in [1.54, 1.807) is 18.2 Å². The van der Waals surface area contributed by atoms with Crippen LogP contribution < -0.4 is 0 Å². The van der Waals surface area contributed by atoms with Crippen molar-refractivity contribution in [2.75, 3.05) is 0 Å². The smallest absolute Gasteiger partial charge is 0.309 e. The minimum atomic E-state index is -0.190. The van der Waals surface area contributed by atoms with Crippen molar-refractivity contribution in [1.82, 2.24) is 4.98 Å². The number of fused-ring (bicyclic) bond motifs is 1. The summed E-state index contributed by atoms with van der Waals surface area (Å²) in [5.41, 5.74) is 3.65. The number of halogens is 4. The van der Waals surface area contributed by atoms with E-state index in [-0.39, 0.29) is 35.7 Å². The molecule has 0 bridgehead atoms. The summed E-state index contributed by atoms with van der Waals surface area (Å²) in [4.78, 5) is 17.4. The first kappa shape index (κ1) is 23.0. The first-order valence-electron chi connectivity index (χ1n) is 10.9. The number of nitrogens with zero attached hydrogens (tertiary/aromatic N) is 1. The zero-order valence-electron chi connectivity index (χ0n) is 17.8. The van der Waals surface area contributed by atoms with Gasteiger partial charge in [-0.3, -0.25) is 9.78 Å². The second-order valence-electron chi connectivity index (χ2n) is 8.80. The third-order valence-electron chi connectivity index (χ3n) is 6.98. The molecule has 0 radical (unpaired) electrons. The number of hydrogen-bond donors (Lipinski definition) is 0. The van der Waals surface area contributed by atoms with Crippen molar-refractivity contribution < 1.29 is 9.53 Å². The Labute approximate surface area is 213 Å². The molecule has 5 rings (SSSR count). The monoisotopic (exact) mass is 519 g/mol. The molecule has 5 atom stereocenters. The molecule has 0 spiro atoms. The summed E-state index contributed by atoms with van der Waals surface area (Å²) in [6.45, 7) is 1.97. The van der Waals surface area contributed by atoms with Gasteiger partial charge in [-0.25, -0.2) is 0 Å². The van der Waals surface area contributed by atoms with Gasteiger partial charge in [-0.05, 0) is 67.6 Å². The van der Waals surface area contributed by atoms with Crippen LogP contribution in [-0.4, -0.2) is 17.1 Å². The highest BCUT2D eigenvalue weighted by molar-refractivity contribution is 6.35. The second-order valence-corrected chi connectivity index (χ2v) is 10.5. The van der Waals surface area contributed by atoms with Crippen LogP contribution in [0.1, 0.15) is 42.9 Å². The topological polar surface area (TPSA) is 39.2 Å². The predicted molar refractivity (Wildman–Crippen MR) is 133 cm³/mol. The van der Waals surface area contributed by atoms with Crippen molar-refractivity contribution in [3.05, 3.63) is 86.1 Å². The van der Waals surface area contributed by atoms with Crippen LogP contribution >= 0.6 is 46.4 Å². The van der Waals surface area contributed by atoms with Gasteiger partial charge < -0.3 is 4.74 Å². The summed E-state index contributed by atoms with van der Waals surface area (Å²) >= 11 is 25.4. The van der Waals surface area contributed by atoms with Gasteiger partial charge in [-0.15, -0.1) is 0 Å². The standard InChI is InChI=1S/C26H21Cl4NO2/c1-13-24-19(26(32)33-13)7-6-18(17-5-3-16(28)11-22(17)30)25(24)23-9-2-14(12-31-23)20-10-15(27)4-8-21(20)29/h2-5,8-13,18-19,24-25H,6-7H2,1H3. The fourth-order valence-electron chi connectivity index (χ4n) is 5.53. The lowest BCUT2D eigenvalue weighted by Gasteiger charge is -2.39. The Morgan fingerprint density at radius 3 is 2.33 bits per heavy atom. The number of esters is 1. The van der Waals surface area contributed by atoms with E-state index in [4.69, 9.17) is 56.1 Å². The number of rotatable bonds is 3. The Bertz CT molecular complexity index is 1210. The van der Waals surface area contributed by atoms with E-state index in [0.717, 1.165) is 35.2 Å². The van der Waals surface area contributed by atoms with Crippen molar-refractivity contribution in [2.24, 2.45) is 11.8 Å². The second kappa shape index (κ2) is 9.11. The molecule has 2 heterocycles. The van der Waals surface area contributed by atoms with E-state index >= 15 is 0 Å². The first-order valence-corrected chi connectivity index (χ1v) is 12.4. The van der Waals surface area contributed by atoms with Crippen LogP contribution in [0.4, 0.5) is 0 Å². The highest BCUT2D eigenvalue weighted by Crippen LogP contribution is 2.55. The van der Waals surface area contributed by atoms with Crippen LogP contribution in [0.5, 0.6) is 0 Å². The number of carbonyl (C=O) groups excluding carboxylic acids is 1. The number of ether oxygens (including phenoxy) is 1. The molecule has 1 aliphatic carbocycles. The van der Waals surface area contributed by atoms with Gasteiger partial charge in [0.25, 0.3) is 0 Å². The highest BCUT2D eigenvalue weighted by Gasteiger charge is 2.52. The molecular weight excluding hydrogens is 500 g/mol. The van der Waals surface area contributed by atoms with E-state index < -0.39 is 0 Å². The van der Waals surface area contributed by atoms with Crippen molar-refractivity contribution in [3.8, 4) is 11.1 Å². The van der Waals surface area contributed by atoms with E-state index in [1.807, 2.05) is 43.5 Å². The van der Waals surface area contributed by atoms with Gasteiger partial charge in [0, 0.05) is 54.9 Å². The molecule has 2 aliphatic rings. The summed E-state index contributed by atoms with van der Waals surface area (Å²) in [5.74, 6) is -0.137. The molecule has 2 fully saturated rings. The summed E-state index contributed by atoms with van der Waals surface area (Å²) in [6.07, 6.45) is 3.22. The van der Waals surface area contributed by atoms with E-state index in [2.05, 4.69) is 0 Å². The number of benzene rings is 2. The largest absolute Gasteiger partial charge is 0.462 e. The zero-order chi connectivity index (χ0) is 23.3. The van der Waals surface area contributed by atoms with Crippen molar-refractivity contribution in [2.45, 2.75) is 37.7 Å². The molecule has 7 heteroatoms. The third-order valence-corrected chi connectivity index (χ3v) is 8.10. The molecular formula is C26H21Cl4NO2. The number of cyclic esters (lactones) is 1. The molecule has 0 N–H and O–H groups in total. The van der Waals surface area contributed by atoms with Crippen LogP contribution in [0, 0.1) is 11.8 Å². The van der Waals surface area contributed by atoms with Crippen LogP contribution in [-0.2, 0) is 9.53 Å². The van der Waals surface area contributed by atoms with Crippen LogP contribution in [0.3, 0.4) is 0 Å². The minimum Gasteiger partial charge on any atom is -0.462 e. The Morgan fingerprint density at radius 2 is 1.61 bits per heavy atom. The van der Waals surface area contributed by atoms with E-state index in [1.165, 1.54) is 0 Å². The van der Waals surface area contributed by atoms with Gasteiger partial charge in [0.1, 0.15) is 6.10 Å². The van der Waals surface area contributed by atoms with Crippen LogP contribution in [0.2, 0.25) is 20.1 Å². The lowest BCUT2D eigenvalue weighted by molar-refractivity contribution is -0.143. The van der Waals surface area contributed by atoms with Crippen LogP contribution in [0.15, 0.2) is 54.7 Å². The number of pyridine rings is 1. The number of aromatic nitrogens is 1. The molecule has 170 valence electrons. The van der Waals surface area contributed by atoms with E-state index in [9.17, 15) is 4.79 Å². The van der Waals surface area contributed by atoms with E-state index in [0.29, 0.717) is 20.1 Å². The molecule has 1 saturated heterocycles.